The lowest BCUT2D eigenvalue weighted by Crippen LogP contribution is -2.33. The van der Waals surface area contributed by atoms with Crippen LogP contribution in [0.1, 0.15) is 22.3 Å². The third kappa shape index (κ3) is 3.35. The second-order valence-corrected chi connectivity index (χ2v) is 4.90. The van der Waals surface area contributed by atoms with Gasteiger partial charge in [0.05, 0.1) is 16.8 Å². The van der Waals surface area contributed by atoms with E-state index in [4.69, 9.17) is 0 Å². The summed E-state index contributed by atoms with van der Waals surface area (Å²) in [5.41, 5.74) is 0.0657. The van der Waals surface area contributed by atoms with Crippen LogP contribution < -0.4 is 0 Å². The molecule has 0 N–H and O–H groups in total. The van der Waals surface area contributed by atoms with Crippen molar-refractivity contribution in [3.63, 3.8) is 0 Å². The molecule has 0 atom stereocenters. The molecule has 1 amide bonds. The summed E-state index contributed by atoms with van der Waals surface area (Å²) in [7, 11) is 0. The summed E-state index contributed by atoms with van der Waals surface area (Å²) >= 11 is 1.55. The second kappa shape index (κ2) is 6.38. The number of carbonyl (C=O) groups excluding carboxylic acids is 1. The van der Waals surface area contributed by atoms with Crippen molar-refractivity contribution in [2.75, 3.05) is 13.1 Å². The van der Waals surface area contributed by atoms with Crippen LogP contribution in [0.2, 0.25) is 0 Å². The Morgan fingerprint density at radius 2 is 2.32 bits per heavy atom. The van der Waals surface area contributed by atoms with E-state index in [-0.39, 0.29) is 11.5 Å². The molecule has 0 bridgehead atoms. The lowest BCUT2D eigenvalue weighted by molar-refractivity contribution is 0.0761. The smallest absolute Gasteiger partial charge is 0.256 e. The summed E-state index contributed by atoms with van der Waals surface area (Å²) in [5, 5.41) is 2.87. The van der Waals surface area contributed by atoms with Crippen molar-refractivity contribution >= 4 is 17.2 Å². The van der Waals surface area contributed by atoms with Crippen molar-refractivity contribution in [3.05, 3.63) is 46.4 Å². The number of pyridine rings is 1. The standard InChI is InChI=1S/C13H14FN3OS/c1-2-17(7-4-12-16-6-8-19-12)13(18)10-3-5-15-9-11(10)14/h3,5-6,8-9H,2,4,7H2,1H3. The average molecular weight is 279 g/mol. The van der Waals surface area contributed by atoms with E-state index in [0.29, 0.717) is 19.5 Å². The van der Waals surface area contributed by atoms with Crippen LogP contribution >= 0.6 is 11.3 Å². The highest BCUT2D eigenvalue weighted by Gasteiger charge is 2.17. The summed E-state index contributed by atoms with van der Waals surface area (Å²) in [4.78, 5) is 21.6. The molecular weight excluding hydrogens is 265 g/mol. The van der Waals surface area contributed by atoms with Crippen molar-refractivity contribution in [2.24, 2.45) is 0 Å². The van der Waals surface area contributed by atoms with Crippen LogP contribution in [0.25, 0.3) is 0 Å². The summed E-state index contributed by atoms with van der Waals surface area (Å²) in [6.07, 6.45) is 4.90. The molecule has 0 aromatic carbocycles. The molecule has 0 aliphatic carbocycles. The molecule has 0 radical (unpaired) electrons. The lowest BCUT2D eigenvalue weighted by Gasteiger charge is -2.20. The van der Waals surface area contributed by atoms with E-state index in [2.05, 4.69) is 9.97 Å². The molecular formula is C13H14FN3OS. The van der Waals surface area contributed by atoms with Crippen LogP contribution in [0.15, 0.2) is 30.0 Å². The fourth-order valence-electron chi connectivity index (χ4n) is 1.73. The fraction of sp³-hybridized carbons (Fsp3) is 0.308. The summed E-state index contributed by atoms with van der Waals surface area (Å²) in [6, 6.07) is 1.41. The summed E-state index contributed by atoms with van der Waals surface area (Å²) < 4.78 is 13.5. The zero-order valence-corrected chi connectivity index (χ0v) is 11.4. The van der Waals surface area contributed by atoms with E-state index in [1.807, 2.05) is 12.3 Å². The van der Waals surface area contributed by atoms with Gasteiger partial charge in [0.25, 0.3) is 5.91 Å². The van der Waals surface area contributed by atoms with E-state index in [1.54, 1.807) is 22.4 Å². The molecule has 2 aromatic heterocycles. The normalized spacial score (nSPS) is 10.4. The van der Waals surface area contributed by atoms with Crippen molar-refractivity contribution in [2.45, 2.75) is 13.3 Å². The number of thiazole rings is 1. The van der Waals surface area contributed by atoms with E-state index < -0.39 is 5.82 Å². The summed E-state index contributed by atoms with van der Waals surface area (Å²) in [5.74, 6) is -0.890. The molecule has 2 rings (SSSR count). The number of nitrogens with zero attached hydrogens (tertiary/aromatic N) is 3. The Morgan fingerprint density at radius 1 is 1.47 bits per heavy atom. The van der Waals surface area contributed by atoms with Crippen molar-refractivity contribution in [1.29, 1.82) is 0 Å². The quantitative estimate of drug-likeness (QED) is 0.844. The van der Waals surface area contributed by atoms with Gasteiger partial charge in [-0.3, -0.25) is 9.78 Å². The van der Waals surface area contributed by atoms with Gasteiger partial charge in [0.1, 0.15) is 0 Å². The van der Waals surface area contributed by atoms with Crippen molar-refractivity contribution < 1.29 is 9.18 Å². The first-order valence-corrected chi connectivity index (χ1v) is 6.87. The van der Waals surface area contributed by atoms with Crippen LogP contribution in [0.3, 0.4) is 0 Å². The Morgan fingerprint density at radius 3 is 2.95 bits per heavy atom. The minimum atomic E-state index is -0.583. The Bertz CT molecular complexity index is 545. The minimum absolute atomic E-state index is 0.0657. The monoisotopic (exact) mass is 279 g/mol. The minimum Gasteiger partial charge on any atom is -0.338 e. The first-order valence-electron chi connectivity index (χ1n) is 5.99. The van der Waals surface area contributed by atoms with E-state index in [0.717, 1.165) is 11.2 Å². The molecule has 0 spiro atoms. The van der Waals surface area contributed by atoms with Gasteiger partial charge in [-0.25, -0.2) is 9.37 Å². The van der Waals surface area contributed by atoms with E-state index >= 15 is 0 Å². The van der Waals surface area contributed by atoms with Crippen LogP contribution in [-0.4, -0.2) is 33.9 Å². The molecule has 0 aliphatic heterocycles. The highest BCUT2D eigenvalue weighted by atomic mass is 32.1. The van der Waals surface area contributed by atoms with Gasteiger partial charge in [-0.1, -0.05) is 0 Å². The Labute approximate surface area is 114 Å². The summed E-state index contributed by atoms with van der Waals surface area (Å²) in [6.45, 7) is 2.94. The number of likely N-dealkylation sites (N-methyl/N-ethyl adjacent to an activating group) is 1. The van der Waals surface area contributed by atoms with Gasteiger partial charge in [0.15, 0.2) is 5.82 Å². The molecule has 100 valence electrons. The van der Waals surface area contributed by atoms with Crippen molar-refractivity contribution in [3.8, 4) is 0 Å². The molecule has 0 saturated carbocycles. The lowest BCUT2D eigenvalue weighted by atomic mass is 10.2. The first kappa shape index (κ1) is 13.6. The maximum atomic E-state index is 13.5. The Kier molecular flexibility index (Phi) is 4.57. The SMILES string of the molecule is CCN(CCc1nccs1)C(=O)c1ccncc1F. The number of carbonyl (C=O) groups is 1. The van der Waals surface area contributed by atoms with Gasteiger partial charge in [-0.15, -0.1) is 11.3 Å². The zero-order chi connectivity index (χ0) is 13.7. The van der Waals surface area contributed by atoms with Crippen LogP contribution in [0, 0.1) is 5.82 Å². The van der Waals surface area contributed by atoms with Crippen LogP contribution in [0.5, 0.6) is 0 Å². The largest absolute Gasteiger partial charge is 0.338 e. The van der Waals surface area contributed by atoms with Crippen LogP contribution in [0.4, 0.5) is 4.39 Å². The highest BCUT2D eigenvalue weighted by Crippen LogP contribution is 2.11. The molecule has 2 aromatic rings. The average Bonchev–Trinajstić information content (AvgIpc) is 2.93. The first-order chi connectivity index (χ1) is 9.22. The number of amides is 1. The van der Waals surface area contributed by atoms with E-state index in [1.165, 1.54) is 12.3 Å². The maximum Gasteiger partial charge on any atom is 0.256 e. The van der Waals surface area contributed by atoms with Crippen LogP contribution in [-0.2, 0) is 6.42 Å². The number of rotatable bonds is 5. The molecule has 4 nitrogen and oxygen atoms in total. The van der Waals surface area contributed by atoms with E-state index in [9.17, 15) is 9.18 Å². The molecule has 2 heterocycles. The molecule has 0 aliphatic rings. The molecule has 0 saturated heterocycles. The molecule has 6 heteroatoms. The Hall–Kier alpha value is -1.82. The topological polar surface area (TPSA) is 46.1 Å². The predicted molar refractivity (Wildman–Crippen MR) is 71.6 cm³/mol. The van der Waals surface area contributed by atoms with Gasteiger partial charge < -0.3 is 4.90 Å². The maximum absolute atomic E-state index is 13.5. The third-order valence-corrected chi connectivity index (χ3v) is 3.59. The van der Waals surface area contributed by atoms with Gasteiger partial charge in [0, 0.05) is 37.3 Å². The van der Waals surface area contributed by atoms with Gasteiger partial charge in [0.2, 0.25) is 0 Å². The molecule has 0 fully saturated rings. The fourth-order valence-corrected chi connectivity index (χ4v) is 2.34. The van der Waals surface area contributed by atoms with Crippen molar-refractivity contribution in [1.82, 2.24) is 14.9 Å². The Balaban J connectivity index is 2.05. The second-order valence-electron chi connectivity index (χ2n) is 3.92. The highest BCUT2D eigenvalue weighted by molar-refractivity contribution is 7.09. The molecule has 19 heavy (non-hydrogen) atoms. The number of hydrogen-bond donors (Lipinski definition) is 0. The van der Waals surface area contributed by atoms with Gasteiger partial charge in [-0.05, 0) is 13.0 Å². The van der Waals surface area contributed by atoms with Gasteiger partial charge >= 0.3 is 0 Å². The van der Waals surface area contributed by atoms with Gasteiger partial charge in [-0.2, -0.15) is 0 Å². The number of hydrogen-bond acceptors (Lipinski definition) is 4. The number of halogens is 1. The molecule has 0 unspecified atom stereocenters. The third-order valence-electron chi connectivity index (χ3n) is 2.75. The number of aromatic nitrogens is 2. The zero-order valence-electron chi connectivity index (χ0n) is 10.5. The predicted octanol–water partition coefficient (Wildman–Crippen LogP) is 2.38.